The van der Waals surface area contributed by atoms with E-state index in [0.717, 1.165) is 0 Å². The maximum atomic E-state index is 12.4. The Morgan fingerprint density at radius 2 is 1.31 bits per heavy atom. The van der Waals surface area contributed by atoms with Crippen LogP contribution < -0.4 is 14.8 Å². The second-order valence-corrected chi connectivity index (χ2v) is 8.48. The van der Waals surface area contributed by atoms with Crippen LogP contribution in [0.2, 0.25) is 10.0 Å². The summed E-state index contributed by atoms with van der Waals surface area (Å²) in [5, 5.41) is 3.72. The van der Waals surface area contributed by atoms with Crippen LogP contribution in [0.15, 0.2) is 77.7 Å². The molecule has 0 fully saturated rings. The van der Waals surface area contributed by atoms with Crippen LogP contribution in [0, 0.1) is 0 Å². The lowest BCUT2D eigenvalue weighted by Crippen LogP contribution is -2.20. The SMILES string of the molecule is O=C(COc1ccc(Cl)cc1)Nc1ccc(S(=O)(=O)Nc2ccc(Cl)cc2)cc1. The first-order valence-corrected chi connectivity index (χ1v) is 10.6. The average molecular weight is 451 g/mol. The highest BCUT2D eigenvalue weighted by Crippen LogP contribution is 2.20. The summed E-state index contributed by atoms with van der Waals surface area (Å²) in [6.45, 7) is -0.195. The Labute approximate surface area is 178 Å². The van der Waals surface area contributed by atoms with Gasteiger partial charge in [0.15, 0.2) is 6.61 Å². The summed E-state index contributed by atoms with van der Waals surface area (Å²) in [4.78, 5) is 12.1. The van der Waals surface area contributed by atoms with Crippen LogP contribution in [-0.4, -0.2) is 20.9 Å². The zero-order valence-corrected chi connectivity index (χ0v) is 17.3. The van der Waals surface area contributed by atoms with E-state index >= 15 is 0 Å². The maximum Gasteiger partial charge on any atom is 0.262 e. The van der Waals surface area contributed by atoms with Crippen molar-refractivity contribution in [2.45, 2.75) is 4.90 Å². The molecule has 29 heavy (non-hydrogen) atoms. The standard InChI is InChI=1S/C20H16Cl2N2O4S/c21-14-1-5-17(6-2-14)24-29(26,27)19-11-7-16(8-12-19)23-20(25)13-28-18-9-3-15(22)4-10-18/h1-12,24H,13H2,(H,23,25). The zero-order valence-electron chi connectivity index (χ0n) is 14.9. The second-order valence-electron chi connectivity index (χ2n) is 5.93. The predicted octanol–water partition coefficient (Wildman–Crippen LogP) is 4.81. The van der Waals surface area contributed by atoms with E-state index in [0.29, 0.717) is 27.2 Å². The highest BCUT2D eigenvalue weighted by molar-refractivity contribution is 7.92. The Morgan fingerprint density at radius 1 is 0.793 bits per heavy atom. The van der Waals surface area contributed by atoms with Crippen LogP contribution in [0.5, 0.6) is 5.75 Å². The maximum absolute atomic E-state index is 12.4. The summed E-state index contributed by atoms with van der Waals surface area (Å²) < 4.78 is 32.7. The molecule has 0 aliphatic carbocycles. The molecular formula is C20H16Cl2N2O4S. The minimum absolute atomic E-state index is 0.0582. The van der Waals surface area contributed by atoms with Crippen molar-refractivity contribution in [2.24, 2.45) is 0 Å². The Hall–Kier alpha value is -2.74. The van der Waals surface area contributed by atoms with Crippen molar-refractivity contribution in [2.75, 3.05) is 16.6 Å². The van der Waals surface area contributed by atoms with Crippen molar-refractivity contribution in [3.8, 4) is 5.75 Å². The summed E-state index contributed by atoms with van der Waals surface area (Å²) in [5.74, 6) is 0.133. The number of carbonyl (C=O) groups is 1. The number of carbonyl (C=O) groups excluding carboxylic acids is 1. The topological polar surface area (TPSA) is 84.5 Å². The molecule has 0 atom stereocenters. The number of nitrogens with one attached hydrogen (secondary N) is 2. The van der Waals surface area contributed by atoms with Gasteiger partial charge in [0, 0.05) is 21.4 Å². The highest BCUT2D eigenvalue weighted by atomic mass is 35.5. The lowest BCUT2D eigenvalue weighted by Gasteiger charge is -2.10. The molecule has 0 saturated heterocycles. The minimum Gasteiger partial charge on any atom is -0.484 e. The van der Waals surface area contributed by atoms with Gasteiger partial charge in [-0.25, -0.2) is 8.42 Å². The van der Waals surface area contributed by atoms with E-state index in [1.807, 2.05) is 0 Å². The normalized spacial score (nSPS) is 11.0. The summed E-state index contributed by atoms with van der Waals surface area (Å²) in [6.07, 6.45) is 0. The van der Waals surface area contributed by atoms with Crippen molar-refractivity contribution in [3.05, 3.63) is 82.8 Å². The Balaban J connectivity index is 1.58. The smallest absolute Gasteiger partial charge is 0.262 e. The van der Waals surface area contributed by atoms with Crippen LogP contribution >= 0.6 is 23.2 Å². The average Bonchev–Trinajstić information content (AvgIpc) is 2.70. The largest absolute Gasteiger partial charge is 0.484 e. The zero-order chi connectivity index (χ0) is 20.9. The molecule has 3 aromatic rings. The fourth-order valence-corrected chi connectivity index (χ4v) is 3.64. The van der Waals surface area contributed by atoms with E-state index in [-0.39, 0.29) is 17.4 Å². The molecule has 3 rings (SSSR count). The number of rotatable bonds is 7. The van der Waals surface area contributed by atoms with Crippen molar-refractivity contribution < 1.29 is 17.9 Å². The first-order chi connectivity index (χ1) is 13.8. The van der Waals surface area contributed by atoms with Gasteiger partial charge in [0.25, 0.3) is 15.9 Å². The Morgan fingerprint density at radius 3 is 1.90 bits per heavy atom. The van der Waals surface area contributed by atoms with Gasteiger partial charge in [0.05, 0.1) is 4.90 Å². The third-order valence-corrected chi connectivity index (χ3v) is 5.63. The quantitative estimate of drug-likeness (QED) is 0.540. The second kappa shape index (κ2) is 9.17. The molecular weight excluding hydrogens is 435 g/mol. The molecule has 0 heterocycles. The molecule has 0 bridgehead atoms. The summed E-state index contributed by atoms with van der Waals surface area (Å²) in [7, 11) is -3.76. The van der Waals surface area contributed by atoms with Gasteiger partial charge >= 0.3 is 0 Å². The number of halogens is 2. The summed E-state index contributed by atoms with van der Waals surface area (Å²) >= 11 is 11.6. The van der Waals surface area contributed by atoms with Crippen molar-refractivity contribution >= 4 is 50.5 Å². The van der Waals surface area contributed by atoms with Gasteiger partial charge in [-0.05, 0) is 72.8 Å². The molecule has 0 saturated carbocycles. The molecule has 0 radical (unpaired) electrons. The third kappa shape index (κ3) is 6.12. The van der Waals surface area contributed by atoms with Gasteiger partial charge in [-0.3, -0.25) is 9.52 Å². The third-order valence-electron chi connectivity index (χ3n) is 3.73. The van der Waals surface area contributed by atoms with Crippen molar-refractivity contribution in [1.29, 1.82) is 0 Å². The van der Waals surface area contributed by atoms with E-state index in [4.69, 9.17) is 27.9 Å². The lowest BCUT2D eigenvalue weighted by atomic mass is 10.3. The minimum atomic E-state index is -3.76. The number of amides is 1. The summed E-state index contributed by atoms with van der Waals surface area (Å²) in [6, 6.07) is 18.7. The van der Waals surface area contributed by atoms with Crippen LogP contribution in [0.25, 0.3) is 0 Å². The molecule has 2 N–H and O–H groups in total. The van der Waals surface area contributed by atoms with Gasteiger partial charge in [0.1, 0.15) is 5.75 Å². The van der Waals surface area contributed by atoms with Gasteiger partial charge in [0.2, 0.25) is 0 Å². The number of ether oxygens (including phenoxy) is 1. The molecule has 0 aliphatic heterocycles. The van der Waals surface area contributed by atoms with Gasteiger partial charge in [-0.15, -0.1) is 0 Å². The molecule has 0 spiro atoms. The first-order valence-electron chi connectivity index (χ1n) is 8.38. The fourth-order valence-electron chi connectivity index (χ4n) is 2.33. The summed E-state index contributed by atoms with van der Waals surface area (Å²) in [5.41, 5.74) is 0.839. The van der Waals surface area contributed by atoms with Crippen molar-refractivity contribution in [3.63, 3.8) is 0 Å². The molecule has 0 aromatic heterocycles. The number of anilines is 2. The van der Waals surface area contributed by atoms with E-state index in [1.54, 1.807) is 48.5 Å². The Kier molecular flexibility index (Phi) is 6.64. The lowest BCUT2D eigenvalue weighted by molar-refractivity contribution is -0.118. The van der Waals surface area contributed by atoms with Crippen LogP contribution in [-0.2, 0) is 14.8 Å². The van der Waals surface area contributed by atoms with E-state index < -0.39 is 10.0 Å². The monoisotopic (exact) mass is 450 g/mol. The molecule has 0 aliphatic rings. The van der Waals surface area contributed by atoms with Crippen LogP contribution in [0.1, 0.15) is 0 Å². The number of hydrogen-bond donors (Lipinski definition) is 2. The predicted molar refractivity (Wildman–Crippen MR) is 114 cm³/mol. The van der Waals surface area contributed by atoms with Crippen LogP contribution in [0.4, 0.5) is 11.4 Å². The molecule has 150 valence electrons. The Bertz CT molecular complexity index is 1080. The highest BCUT2D eigenvalue weighted by Gasteiger charge is 2.14. The van der Waals surface area contributed by atoms with E-state index in [1.165, 1.54) is 24.3 Å². The number of benzene rings is 3. The number of sulfonamides is 1. The molecule has 0 unspecified atom stereocenters. The molecule has 9 heteroatoms. The van der Waals surface area contributed by atoms with Crippen molar-refractivity contribution in [1.82, 2.24) is 0 Å². The van der Waals surface area contributed by atoms with Gasteiger partial charge < -0.3 is 10.1 Å². The van der Waals surface area contributed by atoms with Gasteiger partial charge in [-0.2, -0.15) is 0 Å². The number of hydrogen-bond acceptors (Lipinski definition) is 4. The molecule has 3 aromatic carbocycles. The van der Waals surface area contributed by atoms with E-state index in [9.17, 15) is 13.2 Å². The fraction of sp³-hybridized carbons (Fsp3) is 0.0500. The molecule has 6 nitrogen and oxygen atoms in total. The van der Waals surface area contributed by atoms with Gasteiger partial charge in [-0.1, -0.05) is 23.2 Å². The molecule has 1 amide bonds. The van der Waals surface area contributed by atoms with E-state index in [2.05, 4.69) is 10.0 Å². The van der Waals surface area contributed by atoms with Crippen LogP contribution in [0.3, 0.4) is 0 Å². The first kappa shape index (κ1) is 21.0.